The molecule has 0 saturated carbocycles. The van der Waals surface area contributed by atoms with Gasteiger partial charge in [0.05, 0.1) is 26.2 Å². The molecule has 4 aromatic carbocycles. The number of nitrogens with one attached hydrogen (secondary N) is 2. The van der Waals surface area contributed by atoms with Gasteiger partial charge in [0.25, 0.3) is 11.8 Å². The number of ketones is 1. The van der Waals surface area contributed by atoms with E-state index in [0.29, 0.717) is 66.2 Å². The number of hydrogen-bond donors (Lipinski definition) is 2. The van der Waals surface area contributed by atoms with Crippen molar-refractivity contribution in [2.24, 2.45) is 11.3 Å². The van der Waals surface area contributed by atoms with Gasteiger partial charge in [0.15, 0.2) is 18.1 Å². The number of Topliss-reactive ketones (excluding diaryl/α,β-unsaturated/α-hetero) is 1. The Hall–Kier alpha value is -8.52. The largest absolute Gasteiger partial charge is 0.493 e. The fraction of sp³-hybridized carbons (Fsp3) is 0.485. The van der Waals surface area contributed by atoms with Crippen LogP contribution in [0.3, 0.4) is 0 Å². The van der Waals surface area contributed by atoms with Crippen LogP contribution in [-0.4, -0.2) is 172 Å². The number of rotatable bonds is 34. The minimum absolute atomic E-state index is 0.0420. The number of hydrogen-bond acceptors (Lipinski definition) is 16. The highest BCUT2D eigenvalue weighted by atomic mass is 31.2. The zero-order valence-electron chi connectivity index (χ0n) is 54.7. The van der Waals surface area contributed by atoms with Crippen molar-refractivity contribution in [2.75, 3.05) is 81.0 Å². The van der Waals surface area contributed by atoms with Crippen LogP contribution in [0.5, 0.6) is 23.0 Å². The van der Waals surface area contributed by atoms with Crippen molar-refractivity contribution in [3.05, 3.63) is 132 Å². The van der Waals surface area contributed by atoms with E-state index in [0.717, 1.165) is 11.6 Å². The Bertz CT molecular complexity index is 3220. The molecule has 0 aromatic heterocycles. The van der Waals surface area contributed by atoms with Gasteiger partial charge < -0.3 is 58.4 Å². The minimum Gasteiger partial charge on any atom is -0.493 e. The van der Waals surface area contributed by atoms with E-state index in [4.69, 9.17) is 28.2 Å². The lowest BCUT2D eigenvalue weighted by molar-refractivity contribution is -0.165. The van der Waals surface area contributed by atoms with Crippen LogP contribution >= 0.6 is 7.37 Å². The van der Waals surface area contributed by atoms with Crippen LogP contribution in [0.15, 0.2) is 110 Å². The number of methoxy groups -OCH3 is 2. The number of amides is 6. The third-order valence-electron chi connectivity index (χ3n) is 15.4. The molecule has 1 aliphatic rings. The van der Waals surface area contributed by atoms with Crippen LogP contribution < -0.4 is 29.4 Å². The second kappa shape index (κ2) is 34.6. The normalized spacial score (nSPS) is 14.5. The first-order chi connectivity index (χ1) is 43.1. The van der Waals surface area contributed by atoms with Crippen molar-refractivity contribution in [2.45, 2.75) is 123 Å². The lowest BCUT2D eigenvalue weighted by atomic mass is 9.87. The summed E-state index contributed by atoms with van der Waals surface area (Å²) in [5.41, 5.74) is 1.03. The van der Waals surface area contributed by atoms with Gasteiger partial charge in [-0.2, -0.15) is 0 Å². The molecule has 1 fully saturated rings. The molecular weight excluding hydrogens is 1190 g/mol. The van der Waals surface area contributed by atoms with Crippen LogP contribution in [-0.2, 0) is 70.0 Å². The summed E-state index contributed by atoms with van der Waals surface area (Å²) in [5, 5.41) is 5.70. The van der Waals surface area contributed by atoms with E-state index in [2.05, 4.69) is 17.2 Å². The van der Waals surface area contributed by atoms with E-state index in [-0.39, 0.29) is 63.0 Å². The number of likely N-dealkylation sites (N-methyl/N-ethyl adjacent to an activating group) is 2. The van der Waals surface area contributed by atoms with E-state index < -0.39 is 103 Å². The molecule has 5 rings (SSSR count). The third-order valence-corrected chi connectivity index (χ3v) is 16.1. The van der Waals surface area contributed by atoms with Gasteiger partial charge in [-0.15, -0.1) is 0 Å². The van der Waals surface area contributed by atoms with Crippen molar-refractivity contribution >= 4 is 60.5 Å². The number of likely N-dealkylation sites (tertiary alicyclic amines) is 1. The molecule has 0 bridgehead atoms. The Morgan fingerprint density at radius 2 is 1.47 bits per heavy atom. The van der Waals surface area contributed by atoms with E-state index in [1.54, 1.807) is 92.0 Å². The molecule has 2 N–H and O–H groups in total. The summed E-state index contributed by atoms with van der Waals surface area (Å²) in [4.78, 5) is 131. The number of carbonyl (C=O) groups is 9. The molecule has 0 radical (unpaired) electrons. The zero-order chi connectivity index (χ0) is 67.2. The Morgan fingerprint density at radius 3 is 2.10 bits per heavy atom. The van der Waals surface area contributed by atoms with Crippen LogP contribution in [0, 0.1) is 11.3 Å². The summed E-state index contributed by atoms with van der Waals surface area (Å²) in [7, 11) is 3.26. The Labute approximate surface area is 535 Å². The molecule has 0 aliphatic carbocycles. The molecule has 1 aliphatic heterocycles. The van der Waals surface area contributed by atoms with Gasteiger partial charge in [0.2, 0.25) is 36.8 Å². The Balaban J connectivity index is 1.37. The second-order valence-electron chi connectivity index (χ2n) is 24.0. The van der Waals surface area contributed by atoms with Gasteiger partial charge in [-0.3, -0.25) is 38.1 Å². The second-order valence-corrected chi connectivity index (χ2v) is 26.7. The topological polar surface area (TPSA) is 263 Å². The first-order valence-corrected chi connectivity index (χ1v) is 33.2. The smallest absolute Gasteiger partial charge is 0.330 e. The molecule has 5 atom stereocenters. The summed E-state index contributed by atoms with van der Waals surface area (Å²) in [6.45, 7) is 16.0. The number of piperidine rings is 1. The monoisotopic (exact) mass is 1280 g/mol. The van der Waals surface area contributed by atoms with Crippen LogP contribution in [0.25, 0.3) is 0 Å². The average molecular weight is 1280 g/mol. The lowest BCUT2D eigenvalue weighted by Gasteiger charge is -2.36. The lowest BCUT2D eigenvalue weighted by Crippen LogP contribution is -2.55. The SMILES string of the molecule is C=CC(=O)OCC(C)(C)C(=O)C(=O)N1CCCC[C@H]1C(=O)O[C@H](CCc1ccc(OC)c(OC)c1)c1cccc(OCC(=O)N(C)[C@@H](CC(C)C)C(=O)N(CCC)CC(=O)N[C@@H](Cc2ccc(OP(C)(C)=O)cc2)C(=O)N[C@@H](C(=O)N(C)CC)c2ccccc2)c1. The van der Waals surface area contributed by atoms with E-state index >= 15 is 0 Å². The minimum atomic E-state index is -2.90. The van der Waals surface area contributed by atoms with Crippen LogP contribution in [0.4, 0.5) is 0 Å². The highest BCUT2D eigenvalue weighted by molar-refractivity contribution is 7.57. The molecule has 1 saturated heterocycles. The molecule has 1 heterocycles. The molecule has 6 amide bonds. The summed E-state index contributed by atoms with van der Waals surface area (Å²) in [6.07, 6.45) is 2.56. The Morgan fingerprint density at radius 1 is 0.802 bits per heavy atom. The third kappa shape index (κ3) is 21.9. The van der Waals surface area contributed by atoms with Gasteiger partial charge in [0.1, 0.15) is 48.4 Å². The van der Waals surface area contributed by atoms with Gasteiger partial charge >= 0.3 is 11.9 Å². The standard InChI is InChI=1S/C68H91N6O16P/c1-14-36-73(42-58(75)69-52(39-46-28-32-50(33-29-46)90-91(12,13)84)63(79)70-61(65(81)71(8)16-3)48-23-18-17-19-24-48)64(80)54(38-45(4)5)72(9)59(76)43-87-51-26-22-25-49(41-51)55(34-30-47-31-35-56(85-10)57(40-47)86-11)89-67(83)53-27-20-21-37-74(53)66(82)62(78)68(6,7)44-88-60(77)15-2/h15,17-19,22-26,28-29,31-33,35,40-41,45,52-55,61H,2,14,16,20-21,27,30,34,36-39,42-44H2,1,3-13H3,(H,69,75)(H,70,79)/t52-,53-,54-,55+,61+/m0/s1. The predicted molar refractivity (Wildman–Crippen MR) is 344 cm³/mol. The number of ether oxygens (including phenoxy) is 5. The van der Waals surface area contributed by atoms with E-state index in [1.165, 1.54) is 68.0 Å². The van der Waals surface area contributed by atoms with Crippen molar-refractivity contribution in [1.29, 1.82) is 0 Å². The van der Waals surface area contributed by atoms with Gasteiger partial charge in [-0.25, -0.2) is 9.59 Å². The summed E-state index contributed by atoms with van der Waals surface area (Å²) >= 11 is 0. The first kappa shape index (κ1) is 73.2. The molecule has 0 unspecified atom stereocenters. The summed E-state index contributed by atoms with van der Waals surface area (Å²) < 4.78 is 46.6. The fourth-order valence-corrected chi connectivity index (χ4v) is 10.9. The highest BCUT2D eigenvalue weighted by Gasteiger charge is 2.43. The summed E-state index contributed by atoms with van der Waals surface area (Å²) in [6, 6.07) is 22.9. The first-order valence-electron chi connectivity index (χ1n) is 30.7. The van der Waals surface area contributed by atoms with Gasteiger partial charge in [-0.05, 0) is 130 Å². The number of carbonyl (C=O) groups excluding carboxylic acids is 9. The van der Waals surface area contributed by atoms with Crippen molar-refractivity contribution in [1.82, 2.24) is 30.2 Å². The number of benzene rings is 4. The quantitative estimate of drug-likeness (QED) is 0.0194. The van der Waals surface area contributed by atoms with Crippen LogP contribution in [0.1, 0.15) is 114 Å². The van der Waals surface area contributed by atoms with Gasteiger partial charge in [-0.1, -0.05) is 88.0 Å². The molecule has 91 heavy (non-hydrogen) atoms. The maximum atomic E-state index is 14.8. The molecule has 0 spiro atoms. The fourth-order valence-electron chi connectivity index (χ4n) is 10.3. The molecule has 4 aromatic rings. The number of esters is 2. The molecule has 22 nitrogen and oxygen atoms in total. The number of aryl methyl sites for hydroxylation is 1. The van der Waals surface area contributed by atoms with Crippen LogP contribution in [0.2, 0.25) is 0 Å². The zero-order valence-corrected chi connectivity index (χ0v) is 55.5. The molecule has 23 heteroatoms. The van der Waals surface area contributed by atoms with E-state index in [9.17, 15) is 47.7 Å². The number of nitrogens with zero attached hydrogens (tertiary/aromatic N) is 4. The summed E-state index contributed by atoms with van der Waals surface area (Å²) in [5.74, 6) is -4.53. The molecule has 494 valence electrons. The predicted octanol–water partition coefficient (Wildman–Crippen LogP) is 8.10. The van der Waals surface area contributed by atoms with Gasteiger partial charge in [0, 0.05) is 59.6 Å². The van der Waals surface area contributed by atoms with E-state index in [1.807, 2.05) is 39.8 Å². The van der Waals surface area contributed by atoms with Crippen molar-refractivity contribution in [3.8, 4) is 23.0 Å². The Kier molecular flexibility index (Phi) is 27.8. The maximum Gasteiger partial charge on any atom is 0.330 e. The highest BCUT2D eigenvalue weighted by Crippen LogP contribution is 2.39. The maximum absolute atomic E-state index is 14.8. The van der Waals surface area contributed by atoms with Crippen molar-refractivity contribution in [3.63, 3.8) is 0 Å². The van der Waals surface area contributed by atoms with Crippen molar-refractivity contribution < 1.29 is 75.9 Å². The molecular formula is C68H91N6O16P. The average Bonchev–Trinajstić information content (AvgIpc) is 1.33.